The summed E-state index contributed by atoms with van der Waals surface area (Å²) in [6.07, 6.45) is 0. The molecule has 0 saturated carbocycles. The predicted molar refractivity (Wildman–Crippen MR) is 132 cm³/mol. The Morgan fingerprint density at radius 3 is 2.32 bits per heavy atom. The molecule has 7 nitrogen and oxygen atoms in total. The predicted octanol–water partition coefficient (Wildman–Crippen LogP) is 4.04. The molecular formula is C27H22N5O2+. The van der Waals surface area contributed by atoms with E-state index in [0.717, 1.165) is 44.1 Å². The van der Waals surface area contributed by atoms with Gasteiger partial charge in [0.15, 0.2) is 0 Å². The number of fused-ring (bicyclic) bond motifs is 3. The van der Waals surface area contributed by atoms with Crippen LogP contribution in [0.2, 0.25) is 0 Å². The average Bonchev–Trinajstić information content (AvgIpc) is 3.17. The second-order valence-corrected chi connectivity index (χ2v) is 8.02. The maximum absolute atomic E-state index is 11.2. The molecule has 7 heteroatoms. The number of aromatic nitrogens is 1. The zero-order valence-electron chi connectivity index (χ0n) is 18.2. The van der Waals surface area contributed by atoms with Crippen LogP contribution < -0.4 is 11.3 Å². The van der Waals surface area contributed by atoms with Gasteiger partial charge in [0, 0.05) is 33.6 Å². The van der Waals surface area contributed by atoms with Gasteiger partial charge in [0.05, 0.1) is 16.2 Å². The minimum absolute atomic E-state index is 0.267. The van der Waals surface area contributed by atoms with Crippen LogP contribution >= 0.6 is 0 Å². The molecule has 0 aliphatic heterocycles. The SMILES string of the molecule is NN=NC(=[NH2+])c1ccc2c(c1)c1ccccc1n2Cc1cccc(-c2ccc(C(=O)O)cc2)c1. The monoisotopic (exact) mass is 448 g/mol. The Hall–Kier alpha value is -4.78. The highest BCUT2D eigenvalue weighted by Gasteiger charge is 2.15. The highest BCUT2D eigenvalue weighted by atomic mass is 16.4. The Balaban J connectivity index is 1.57. The minimum Gasteiger partial charge on any atom is -0.478 e. The van der Waals surface area contributed by atoms with Gasteiger partial charge in [-0.15, -0.1) is 0 Å². The van der Waals surface area contributed by atoms with Crippen LogP contribution in [0.15, 0.2) is 101 Å². The molecule has 0 unspecified atom stereocenters. The molecule has 5 aromatic rings. The molecule has 0 aliphatic rings. The lowest BCUT2D eigenvalue weighted by Crippen LogP contribution is -2.38. The molecule has 0 bridgehead atoms. The van der Waals surface area contributed by atoms with Gasteiger partial charge in [-0.2, -0.15) is 0 Å². The van der Waals surface area contributed by atoms with Crippen LogP contribution in [0.4, 0.5) is 0 Å². The Bertz CT molecular complexity index is 1580. The zero-order chi connectivity index (χ0) is 23.7. The van der Waals surface area contributed by atoms with E-state index < -0.39 is 5.97 Å². The third-order valence-electron chi connectivity index (χ3n) is 5.97. The third kappa shape index (κ3) is 3.80. The molecule has 5 N–H and O–H groups in total. The fourth-order valence-electron chi connectivity index (χ4n) is 4.34. The van der Waals surface area contributed by atoms with Crippen molar-refractivity contribution in [2.45, 2.75) is 6.54 Å². The van der Waals surface area contributed by atoms with Crippen molar-refractivity contribution < 1.29 is 15.3 Å². The first kappa shape index (κ1) is 21.1. The summed E-state index contributed by atoms with van der Waals surface area (Å²) >= 11 is 0. The number of benzene rings is 4. The van der Waals surface area contributed by atoms with Crippen molar-refractivity contribution >= 4 is 33.6 Å². The van der Waals surface area contributed by atoms with Gasteiger partial charge in [0.25, 0.3) is 0 Å². The van der Waals surface area contributed by atoms with E-state index >= 15 is 0 Å². The van der Waals surface area contributed by atoms with Crippen LogP contribution in [0.25, 0.3) is 32.9 Å². The Morgan fingerprint density at radius 2 is 1.56 bits per heavy atom. The quantitative estimate of drug-likeness (QED) is 0.124. The Kier molecular flexibility index (Phi) is 5.35. The number of amidine groups is 1. The van der Waals surface area contributed by atoms with Gasteiger partial charge < -0.3 is 9.67 Å². The highest BCUT2D eigenvalue weighted by molar-refractivity contribution is 6.10. The van der Waals surface area contributed by atoms with Crippen LogP contribution in [-0.2, 0) is 6.54 Å². The van der Waals surface area contributed by atoms with E-state index in [-0.39, 0.29) is 11.4 Å². The van der Waals surface area contributed by atoms with Gasteiger partial charge in [0.2, 0.25) is 0 Å². The number of aromatic carboxylic acids is 1. The molecule has 5 rings (SSSR count). The van der Waals surface area contributed by atoms with Crippen LogP contribution in [0.3, 0.4) is 0 Å². The van der Waals surface area contributed by atoms with Gasteiger partial charge in [-0.3, -0.25) is 11.3 Å². The lowest BCUT2D eigenvalue weighted by atomic mass is 10.0. The Morgan fingerprint density at radius 1 is 0.824 bits per heavy atom. The van der Waals surface area contributed by atoms with Gasteiger partial charge in [0.1, 0.15) is 0 Å². The standard InChI is InChI=1S/C27H21N5O2/c28-26(30-31-29)21-12-13-25-23(15-21)22-6-1-2-7-24(22)32(25)16-17-4-3-5-20(14-17)18-8-10-19(11-9-18)27(33)34/h1-15H,16H2,(H,33,34)(H3,28,29,30)/p+1. The fourth-order valence-corrected chi connectivity index (χ4v) is 4.34. The maximum Gasteiger partial charge on any atom is 0.350 e. The molecular weight excluding hydrogens is 426 g/mol. The van der Waals surface area contributed by atoms with E-state index in [4.69, 9.17) is 16.4 Å². The number of hydrogen-bond acceptors (Lipinski definition) is 2. The molecule has 0 fully saturated rings. The van der Waals surface area contributed by atoms with Crippen molar-refractivity contribution in [3.63, 3.8) is 0 Å². The van der Waals surface area contributed by atoms with E-state index in [1.165, 1.54) is 0 Å². The van der Waals surface area contributed by atoms with Gasteiger partial charge in [-0.05, 0) is 59.2 Å². The largest absolute Gasteiger partial charge is 0.478 e. The van der Waals surface area contributed by atoms with E-state index in [1.807, 2.05) is 54.6 Å². The maximum atomic E-state index is 11.2. The summed E-state index contributed by atoms with van der Waals surface area (Å²) in [5.74, 6) is 4.50. The first-order chi connectivity index (χ1) is 16.5. The molecule has 1 heterocycles. The molecule has 34 heavy (non-hydrogen) atoms. The number of nitrogens with zero attached hydrogens (tertiary/aromatic N) is 3. The van der Waals surface area contributed by atoms with Crippen molar-refractivity contribution in [1.29, 1.82) is 0 Å². The second-order valence-electron chi connectivity index (χ2n) is 8.02. The van der Waals surface area contributed by atoms with Crippen LogP contribution in [0.1, 0.15) is 21.5 Å². The first-order valence-electron chi connectivity index (χ1n) is 10.7. The molecule has 166 valence electrons. The van der Waals surface area contributed by atoms with E-state index in [1.54, 1.807) is 12.1 Å². The van der Waals surface area contributed by atoms with Gasteiger partial charge in [-0.1, -0.05) is 48.5 Å². The topological polar surface area (TPSA) is 119 Å². The van der Waals surface area contributed by atoms with Crippen molar-refractivity contribution in [1.82, 2.24) is 4.57 Å². The molecule has 0 radical (unpaired) electrons. The number of carboxylic acid groups (broad SMARTS) is 1. The number of rotatable bonds is 5. The number of carboxylic acids is 1. The minimum atomic E-state index is -0.930. The number of carbonyl (C=O) groups is 1. The summed E-state index contributed by atoms with van der Waals surface area (Å²) in [4.78, 5) is 11.2. The molecule has 0 spiro atoms. The van der Waals surface area contributed by atoms with Crippen LogP contribution in [-0.4, -0.2) is 21.5 Å². The summed E-state index contributed by atoms with van der Waals surface area (Å²) < 4.78 is 2.28. The molecule has 0 aliphatic carbocycles. The smallest absolute Gasteiger partial charge is 0.350 e. The van der Waals surface area contributed by atoms with E-state index in [2.05, 4.69) is 39.2 Å². The Labute approximate surface area is 195 Å². The van der Waals surface area contributed by atoms with Gasteiger partial charge in [-0.25, -0.2) is 4.79 Å². The van der Waals surface area contributed by atoms with Crippen molar-refractivity contribution in [3.8, 4) is 11.1 Å². The first-order valence-corrected chi connectivity index (χ1v) is 10.7. The molecule has 1 aromatic heterocycles. The van der Waals surface area contributed by atoms with E-state index in [9.17, 15) is 4.79 Å². The number of nitrogens with two attached hydrogens (primary N) is 2. The van der Waals surface area contributed by atoms with Crippen molar-refractivity contribution in [2.24, 2.45) is 16.2 Å². The number of hydrogen-bond donors (Lipinski definition) is 3. The average molecular weight is 449 g/mol. The fraction of sp³-hybridized carbons (Fsp3) is 0.0370. The van der Waals surface area contributed by atoms with Crippen molar-refractivity contribution in [3.05, 3.63) is 108 Å². The summed E-state index contributed by atoms with van der Waals surface area (Å²) in [5.41, 5.74) is 6.37. The molecule has 0 amide bonds. The summed E-state index contributed by atoms with van der Waals surface area (Å²) in [7, 11) is 0. The van der Waals surface area contributed by atoms with Gasteiger partial charge >= 0.3 is 11.8 Å². The zero-order valence-corrected chi connectivity index (χ0v) is 18.2. The van der Waals surface area contributed by atoms with Crippen LogP contribution in [0.5, 0.6) is 0 Å². The molecule has 0 atom stereocenters. The summed E-state index contributed by atoms with van der Waals surface area (Å²) in [6.45, 7) is 0.673. The summed E-state index contributed by atoms with van der Waals surface area (Å²) in [5, 5.41) is 24.4. The van der Waals surface area contributed by atoms with Crippen LogP contribution in [0, 0.1) is 0 Å². The van der Waals surface area contributed by atoms with Crippen molar-refractivity contribution in [2.75, 3.05) is 0 Å². The number of para-hydroxylation sites is 1. The van der Waals surface area contributed by atoms with E-state index in [0.29, 0.717) is 6.54 Å². The highest BCUT2D eigenvalue weighted by Crippen LogP contribution is 2.31. The lowest BCUT2D eigenvalue weighted by molar-refractivity contribution is -0.114. The third-order valence-corrected chi connectivity index (χ3v) is 5.97. The molecule has 4 aromatic carbocycles. The second kappa shape index (κ2) is 8.63. The summed E-state index contributed by atoms with van der Waals surface area (Å²) in [6, 6.07) is 29.4. The normalized spacial score (nSPS) is 11.4. The molecule has 0 saturated heterocycles. The lowest BCUT2D eigenvalue weighted by Gasteiger charge is -2.10.